The number of amides is 1. The molecule has 1 saturated heterocycles. The van der Waals surface area contributed by atoms with Crippen molar-refractivity contribution in [1.82, 2.24) is 15.1 Å². The summed E-state index contributed by atoms with van der Waals surface area (Å²) in [5.41, 5.74) is 3.99. The number of hydrogen-bond acceptors (Lipinski definition) is 3. The van der Waals surface area contributed by atoms with Crippen LogP contribution in [0.4, 0.5) is 0 Å². The van der Waals surface area contributed by atoms with Gasteiger partial charge in [-0.2, -0.15) is 0 Å². The molecule has 0 spiro atoms. The van der Waals surface area contributed by atoms with E-state index in [0.717, 1.165) is 45.7 Å². The van der Waals surface area contributed by atoms with Gasteiger partial charge in [-0.25, -0.2) is 0 Å². The highest BCUT2D eigenvalue weighted by Gasteiger charge is 2.21. The average Bonchev–Trinajstić information content (AvgIpc) is 2.48. The molecule has 0 bridgehead atoms. The Hall–Kier alpha value is -1.39. The number of carbonyl (C=O) groups is 1. The summed E-state index contributed by atoms with van der Waals surface area (Å²) in [5, 5.41) is 3.39. The zero-order valence-electron chi connectivity index (χ0n) is 12.2. The predicted molar refractivity (Wildman–Crippen MR) is 79.6 cm³/mol. The van der Waals surface area contributed by atoms with Crippen molar-refractivity contribution in [3.8, 4) is 0 Å². The summed E-state index contributed by atoms with van der Waals surface area (Å²) < 4.78 is 0. The minimum Gasteiger partial charge on any atom is -0.340 e. The van der Waals surface area contributed by atoms with Crippen LogP contribution in [0.2, 0.25) is 0 Å². The molecular weight excluding hydrogens is 250 g/mol. The van der Waals surface area contributed by atoms with Crippen molar-refractivity contribution < 1.29 is 4.79 Å². The van der Waals surface area contributed by atoms with Crippen molar-refractivity contribution >= 4 is 5.91 Å². The van der Waals surface area contributed by atoms with Gasteiger partial charge in [0.05, 0.1) is 6.42 Å². The number of piperazine rings is 1. The Morgan fingerprint density at radius 1 is 1.25 bits per heavy atom. The van der Waals surface area contributed by atoms with Gasteiger partial charge >= 0.3 is 0 Å². The molecule has 2 heterocycles. The number of likely N-dealkylation sites (N-methyl/N-ethyl adjacent to an activating group) is 1. The lowest BCUT2D eigenvalue weighted by molar-refractivity contribution is -0.132. The summed E-state index contributed by atoms with van der Waals surface area (Å²) in [4.78, 5) is 16.7. The van der Waals surface area contributed by atoms with E-state index in [-0.39, 0.29) is 5.91 Å². The van der Waals surface area contributed by atoms with Crippen LogP contribution < -0.4 is 5.32 Å². The Bertz CT molecular complexity index is 492. The van der Waals surface area contributed by atoms with Crippen LogP contribution in [0.3, 0.4) is 0 Å². The van der Waals surface area contributed by atoms with E-state index >= 15 is 0 Å². The van der Waals surface area contributed by atoms with E-state index in [1.807, 2.05) is 4.90 Å². The van der Waals surface area contributed by atoms with Gasteiger partial charge in [-0.15, -0.1) is 0 Å². The molecular formula is C16H23N3O. The van der Waals surface area contributed by atoms with Crippen molar-refractivity contribution in [3.05, 3.63) is 34.9 Å². The van der Waals surface area contributed by atoms with E-state index in [2.05, 4.69) is 35.5 Å². The molecule has 4 heteroatoms. The Kier molecular flexibility index (Phi) is 4.03. The van der Waals surface area contributed by atoms with Crippen LogP contribution in [0.15, 0.2) is 18.2 Å². The van der Waals surface area contributed by atoms with Crippen molar-refractivity contribution in [3.63, 3.8) is 0 Å². The molecule has 0 aliphatic carbocycles. The van der Waals surface area contributed by atoms with Gasteiger partial charge in [-0.1, -0.05) is 18.2 Å². The molecule has 0 unspecified atom stereocenters. The van der Waals surface area contributed by atoms with Crippen LogP contribution in [-0.2, 0) is 24.2 Å². The smallest absolute Gasteiger partial charge is 0.227 e. The summed E-state index contributed by atoms with van der Waals surface area (Å²) in [6.45, 7) is 5.67. The van der Waals surface area contributed by atoms with Crippen molar-refractivity contribution in [2.24, 2.45) is 0 Å². The zero-order valence-corrected chi connectivity index (χ0v) is 12.2. The second-order valence-corrected chi connectivity index (χ2v) is 5.84. The van der Waals surface area contributed by atoms with Crippen LogP contribution >= 0.6 is 0 Å². The minimum atomic E-state index is 0.282. The third kappa shape index (κ3) is 2.86. The molecule has 1 aromatic rings. The summed E-state index contributed by atoms with van der Waals surface area (Å²) >= 11 is 0. The third-order valence-electron chi connectivity index (χ3n) is 4.43. The van der Waals surface area contributed by atoms with Gasteiger partial charge in [0.2, 0.25) is 5.91 Å². The van der Waals surface area contributed by atoms with Crippen LogP contribution in [0.1, 0.15) is 16.7 Å². The fourth-order valence-electron chi connectivity index (χ4n) is 3.11. The Morgan fingerprint density at radius 2 is 2.05 bits per heavy atom. The van der Waals surface area contributed by atoms with E-state index in [1.54, 1.807) is 0 Å². The predicted octanol–water partition coefficient (Wildman–Crippen LogP) is 0.649. The first-order valence-electron chi connectivity index (χ1n) is 7.51. The molecule has 0 atom stereocenters. The minimum absolute atomic E-state index is 0.282. The van der Waals surface area contributed by atoms with Crippen molar-refractivity contribution in [1.29, 1.82) is 0 Å². The summed E-state index contributed by atoms with van der Waals surface area (Å²) in [5.74, 6) is 0.282. The molecule has 20 heavy (non-hydrogen) atoms. The van der Waals surface area contributed by atoms with Gasteiger partial charge in [0.25, 0.3) is 0 Å². The molecule has 3 rings (SSSR count). The van der Waals surface area contributed by atoms with E-state index < -0.39 is 0 Å². The first-order chi connectivity index (χ1) is 9.74. The average molecular weight is 273 g/mol. The van der Waals surface area contributed by atoms with Gasteiger partial charge in [0.1, 0.15) is 0 Å². The second kappa shape index (κ2) is 5.94. The molecule has 2 aliphatic heterocycles. The number of hydrogen-bond donors (Lipinski definition) is 1. The maximum Gasteiger partial charge on any atom is 0.227 e. The van der Waals surface area contributed by atoms with Crippen molar-refractivity contribution in [2.75, 3.05) is 39.8 Å². The van der Waals surface area contributed by atoms with Crippen molar-refractivity contribution in [2.45, 2.75) is 19.4 Å². The highest BCUT2D eigenvalue weighted by Crippen LogP contribution is 2.20. The summed E-state index contributed by atoms with van der Waals surface area (Å²) in [7, 11) is 2.11. The van der Waals surface area contributed by atoms with E-state index in [1.165, 1.54) is 16.7 Å². The fourth-order valence-corrected chi connectivity index (χ4v) is 3.11. The number of carbonyl (C=O) groups excluding carboxylic acids is 1. The molecule has 0 radical (unpaired) electrons. The number of fused-ring (bicyclic) bond motifs is 1. The molecule has 0 aromatic heterocycles. The van der Waals surface area contributed by atoms with Crippen LogP contribution in [0, 0.1) is 0 Å². The van der Waals surface area contributed by atoms with Gasteiger partial charge < -0.3 is 15.1 Å². The molecule has 1 amide bonds. The number of benzene rings is 1. The molecule has 1 aromatic carbocycles. The molecule has 4 nitrogen and oxygen atoms in total. The molecule has 2 aliphatic rings. The van der Waals surface area contributed by atoms with E-state index in [9.17, 15) is 4.79 Å². The lowest BCUT2D eigenvalue weighted by Gasteiger charge is -2.32. The van der Waals surface area contributed by atoms with E-state index in [4.69, 9.17) is 0 Å². The zero-order chi connectivity index (χ0) is 13.9. The lowest BCUT2D eigenvalue weighted by atomic mass is 9.93. The number of nitrogens with one attached hydrogen (secondary N) is 1. The fraction of sp³-hybridized carbons (Fsp3) is 0.562. The molecule has 1 N–H and O–H groups in total. The SMILES string of the molecule is CN1CCN(C(=O)Cc2cccc3c2CCNC3)CC1. The lowest BCUT2D eigenvalue weighted by Crippen LogP contribution is -2.47. The number of nitrogens with zero attached hydrogens (tertiary/aromatic N) is 2. The molecule has 1 fully saturated rings. The third-order valence-corrected chi connectivity index (χ3v) is 4.43. The van der Waals surface area contributed by atoms with Crippen LogP contribution in [0.25, 0.3) is 0 Å². The Balaban J connectivity index is 1.70. The normalized spacial score (nSPS) is 19.8. The topological polar surface area (TPSA) is 35.6 Å². The van der Waals surface area contributed by atoms with E-state index in [0.29, 0.717) is 6.42 Å². The standard InChI is InChI=1S/C16H23N3O/c1-18-7-9-19(10-8-18)16(20)11-13-3-2-4-14-12-17-6-5-15(13)14/h2-4,17H,5-12H2,1H3. The Morgan fingerprint density at radius 3 is 2.85 bits per heavy atom. The quantitative estimate of drug-likeness (QED) is 0.859. The highest BCUT2D eigenvalue weighted by atomic mass is 16.2. The summed E-state index contributed by atoms with van der Waals surface area (Å²) in [6.07, 6.45) is 1.61. The number of rotatable bonds is 2. The Labute approximate surface area is 120 Å². The maximum atomic E-state index is 12.5. The monoisotopic (exact) mass is 273 g/mol. The van der Waals surface area contributed by atoms with Crippen LogP contribution in [0.5, 0.6) is 0 Å². The molecule has 0 saturated carbocycles. The largest absolute Gasteiger partial charge is 0.340 e. The van der Waals surface area contributed by atoms with Gasteiger partial charge in [0.15, 0.2) is 0 Å². The highest BCUT2D eigenvalue weighted by molar-refractivity contribution is 5.79. The maximum absolute atomic E-state index is 12.5. The summed E-state index contributed by atoms with van der Waals surface area (Å²) in [6, 6.07) is 6.38. The van der Waals surface area contributed by atoms with Gasteiger partial charge in [0, 0.05) is 32.7 Å². The second-order valence-electron chi connectivity index (χ2n) is 5.84. The first kappa shape index (κ1) is 13.6. The first-order valence-corrected chi connectivity index (χ1v) is 7.51. The van der Waals surface area contributed by atoms with Crippen LogP contribution in [-0.4, -0.2) is 55.5 Å². The van der Waals surface area contributed by atoms with Gasteiger partial charge in [-0.3, -0.25) is 4.79 Å². The van der Waals surface area contributed by atoms with Gasteiger partial charge in [-0.05, 0) is 36.7 Å². The molecule has 108 valence electrons.